The zero-order valence-electron chi connectivity index (χ0n) is 10.5. The monoisotopic (exact) mass is 267 g/mol. The van der Waals surface area contributed by atoms with Crippen LogP contribution in [0.1, 0.15) is 41.6 Å². The van der Waals surface area contributed by atoms with Gasteiger partial charge in [-0.3, -0.25) is 4.79 Å². The van der Waals surface area contributed by atoms with E-state index in [2.05, 4.69) is 5.32 Å². The molecule has 1 aliphatic rings. The third-order valence-electron chi connectivity index (χ3n) is 3.59. The summed E-state index contributed by atoms with van der Waals surface area (Å²) in [5.74, 6) is 0.199. The van der Waals surface area contributed by atoms with Gasteiger partial charge >= 0.3 is 0 Å². The first kappa shape index (κ1) is 13.2. The molecule has 1 fully saturated rings. The van der Waals surface area contributed by atoms with E-state index < -0.39 is 0 Å². The number of phenolic OH excluding ortho intramolecular Hbond substituents is 1. The van der Waals surface area contributed by atoms with Crippen LogP contribution in [0.3, 0.4) is 0 Å². The number of rotatable bonds is 3. The summed E-state index contributed by atoms with van der Waals surface area (Å²) in [5.41, 5.74) is 0.977. The number of hydrogen-bond acceptors (Lipinski definition) is 2. The number of nitrogens with one attached hydrogen (secondary N) is 1. The molecule has 1 aromatic rings. The lowest BCUT2D eigenvalue weighted by atomic mass is 9.99. The molecule has 1 saturated carbocycles. The molecule has 0 saturated heterocycles. The van der Waals surface area contributed by atoms with Crippen molar-refractivity contribution < 1.29 is 9.90 Å². The van der Waals surface area contributed by atoms with Gasteiger partial charge in [0.25, 0.3) is 5.91 Å². The summed E-state index contributed by atoms with van der Waals surface area (Å²) in [6.07, 6.45) is 4.00. The molecule has 1 aromatic carbocycles. The maximum Gasteiger partial charge on any atom is 0.255 e. The Morgan fingerprint density at radius 3 is 2.72 bits per heavy atom. The van der Waals surface area contributed by atoms with Crippen molar-refractivity contribution in [1.29, 1.82) is 0 Å². The Bertz CT molecular complexity index is 453. The number of alkyl halides is 1. The van der Waals surface area contributed by atoms with Gasteiger partial charge in [-0.1, -0.05) is 24.5 Å². The molecular weight excluding hydrogens is 250 g/mol. The van der Waals surface area contributed by atoms with Crippen molar-refractivity contribution in [2.75, 3.05) is 5.88 Å². The van der Waals surface area contributed by atoms with Crippen LogP contribution in [-0.2, 0) is 0 Å². The smallest absolute Gasteiger partial charge is 0.255 e. The van der Waals surface area contributed by atoms with Crippen LogP contribution in [0.4, 0.5) is 0 Å². The summed E-state index contributed by atoms with van der Waals surface area (Å²) in [6.45, 7) is 1.89. The second kappa shape index (κ2) is 5.19. The highest BCUT2D eigenvalue weighted by molar-refractivity contribution is 6.19. The average molecular weight is 268 g/mol. The minimum atomic E-state index is -0.297. The fraction of sp³-hybridized carbons (Fsp3) is 0.500. The lowest BCUT2D eigenvalue weighted by Gasteiger charge is -2.28. The minimum absolute atomic E-state index is 0.0146. The molecule has 1 amide bonds. The van der Waals surface area contributed by atoms with Gasteiger partial charge < -0.3 is 10.4 Å². The van der Waals surface area contributed by atoms with Crippen LogP contribution >= 0.6 is 11.6 Å². The predicted octanol–water partition coefficient (Wildman–Crippen LogP) is 2.98. The van der Waals surface area contributed by atoms with Crippen LogP contribution in [-0.4, -0.2) is 22.4 Å². The number of amides is 1. The molecule has 2 rings (SSSR count). The molecule has 0 radical (unpaired) electrons. The number of halogens is 1. The second-order valence-electron chi connectivity index (χ2n) is 5.10. The van der Waals surface area contributed by atoms with Gasteiger partial charge in [-0.2, -0.15) is 0 Å². The number of phenols is 1. The molecule has 0 heterocycles. The van der Waals surface area contributed by atoms with Gasteiger partial charge in [-0.25, -0.2) is 0 Å². The third kappa shape index (κ3) is 2.61. The topological polar surface area (TPSA) is 49.3 Å². The van der Waals surface area contributed by atoms with E-state index in [0.29, 0.717) is 11.4 Å². The molecule has 3 nitrogen and oxygen atoms in total. The van der Waals surface area contributed by atoms with Crippen LogP contribution in [0.2, 0.25) is 0 Å². The van der Waals surface area contributed by atoms with Gasteiger partial charge in [-0.05, 0) is 31.9 Å². The highest BCUT2D eigenvalue weighted by Crippen LogP contribution is 2.31. The van der Waals surface area contributed by atoms with E-state index in [-0.39, 0.29) is 17.2 Å². The van der Waals surface area contributed by atoms with Crippen LogP contribution < -0.4 is 5.32 Å². The molecule has 4 heteroatoms. The number of carbonyl (C=O) groups excluding carboxylic acids is 1. The second-order valence-corrected chi connectivity index (χ2v) is 5.36. The number of benzene rings is 1. The van der Waals surface area contributed by atoms with Crippen molar-refractivity contribution in [3.05, 3.63) is 29.3 Å². The molecule has 0 bridgehead atoms. The summed E-state index contributed by atoms with van der Waals surface area (Å²) >= 11 is 5.99. The normalized spacial score (nSPS) is 17.7. The first-order valence-corrected chi connectivity index (χ1v) is 6.78. The van der Waals surface area contributed by atoms with Gasteiger partial charge in [0.2, 0.25) is 0 Å². The van der Waals surface area contributed by atoms with Gasteiger partial charge in [0.15, 0.2) is 0 Å². The van der Waals surface area contributed by atoms with Crippen molar-refractivity contribution in [3.8, 4) is 5.75 Å². The van der Waals surface area contributed by atoms with E-state index in [4.69, 9.17) is 11.6 Å². The minimum Gasteiger partial charge on any atom is -0.507 e. The van der Waals surface area contributed by atoms with Crippen molar-refractivity contribution >= 4 is 17.5 Å². The average Bonchev–Trinajstić information content (AvgIpc) is 2.81. The predicted molar refractivity (Wildman–Crippen MR) is 72.2 cm³/mol. The largest absolute Gasteiger partial charge is 0.507 e. The Hall–Kier alpha value is -1.22. The van der Waals surface area contributed by atoms with E-state index in [0.717, 1.165) is 31.2 Å². The van der Waals surface area contributed by atoms with Crippen molar-refractivity contribution in [2.24, 2.45) is 0 Å². The molecule has 0 aromatic heterocycles. The van der Waals surface area contributed by atoms with E-state index >= 15 is 0 Å². The fourth-order valence-electron chi connectivity index (χ4n) is 2.48. The molecule has 98 valence electrons. The summed E-state index contributed by atoms with van der Waals surface area (Å²) in [4.78, 5) is 12.2. The number of aryl methyl sites for hydroxylation is 1. The molecule has 0 atom stereocenters. The Labute approximate surface area is 112 Å². The van der Waals surface area contributed by atoms with E-state index in [9.17, 15) is 9.90 Å². The first-order chi connectivity index (χ1) is 8.56. The first-order valence-electron chi connectivity index (χ1n) is 6.24. The van der Waals surface area contributed by atoms with Crippen molar-refractivity contribution in [1.82, 2.24) is 5.32 Å². The van der Waals surface area contributed by atoms with Gasteiger partial charge in [0.05, 0.1) is 11.1 Å². The van der Waals surface area contributed by atoms with Gasteiger partial charge in [0, 0.05) is 5.88 Å². The number of carbonyl (C=O) groups is 1. The molecular formula is C14H18ClNO2. The zero-order valence-corrected chi connectivity index (χ0v) is 11.3. The van der Waals surface area contributed by atoms with Gasteiger partial charge in [0.1, 0.15) is 5.75 Å². The number of hydrogen-bond donors (Lipinski definition) is 2. The summed E-state index contributed by atoms with van der Waals surface area (Å²) in [5, 5.41) is 12.7. The Balaban J connectivity index is 2.18. The summed E-state index contributed by atoms with van der Waals surface area (Å²) in [6, 6.07) is 5.02. The van der Waals surface area contributed by atoms with Crippen LogP contribution in [0, 0.1) is 6.92 Å². The van der Waals surface area contributed by atoms with E-state index in [1.54, 1.807) is 18.2 Å². The SMILES string of the molecule is Cc1ccc(O)c(C(=O)NC2(CCl)CCCC2)c1. The van der Waals surface area contributed by atoms with Crippen molar-refractivity contribution in [2.45, 2.75) is 38.1 Å². The maximum atomic E-state index is 12.2. The molecule has 0 aliphatic heterocycles. The highest BCUT2D eigenvalue weighted by atomic mass is 35.5. The lowest BCUT2D eigenvalue weighted by Crippen LogP contribution is -2.47. The Kier molecular flexibility index (Phi) is 3.81. The Morgan fingerprint density at radius 1 is 1.44 bits per heavy atom. The third-order valence-corrected chi connectivity index (χ3v) is 4.10. The maximum absolute atomic E-state index is 12.2. The lowest BCUT2D eigenvalue weighted by molar-refractivity contribution is 0.0906. The van der Waals surface area contributed by atoms with E-state index in [1.807, 2.05) is 6.92 Å². The van der Waals surface area contributed by atoms with Gasteiger partial charge in [-0.15, -0.1) is 11.6 Å². The number of aromatic hydroxyl groups is 1. The molecule has 2 N–H and O–H groups in total. The highest BCUT2D eigenvalue weighted by Gasteiger charge is 2.35. The van der Waals surface area contributed by atoms with E-state index in [1.165, 1.54) is 0 Å². The standard InChI is InChI=1S/C14H18ClNO2/c1-10-4-5-12(17)11(8-10)13(18)16-14(9-15)6-2-3-7-14/h4-5,8,17H,2-3,6-7,9H2,1H3,(H,16,18). The molecule has 0 spiro atoms. The summed E-state index contributed by atoms with van der Waals surface area (Å²) < 4.78 is 0. The zero-order chi connectivity index (χ0) is 13.2. The van der Waals surface area contributed by atoms with Crippen molar-refractivity contribution in [3.63, 3.8) is 0 Å². The Morgan fingerprint density at radius 2 is 2.11 bits per heavy atom. The quantitative estimate of drug-likeness (QED) is 0.827. The molecule has 0 unspecified atom stereocenters. The fourth-order valence-corrected chi connectivity index (χ4v) is 2.82. The van der Waals surface area contributed by atoms with Crippen LogP contribution in [0.5, 0.6) is 5.75 Å². The summed E-state index contributed by atoms with van der Waals surface area (Å²) in [7, 11) is 0. The van der Waals surface area contributed by atoms with Crippen LogP contribution in [0.25, 0.3) is 0 Å². The molecule has 1 aliphatic carbocycles. The van der Waals surface area contributed by atoms with Crippen LogP contribution in [0.15, 0.2) is 18.2 Å². The molecule has 18 heavy (non-hydrogen) atoms.